The fraction of sp³-hybridized carbons (Fsp3) is 0.222. The zero-order valence-electron chi connectivity index (χ0n) is 14.0. The Bertz CT molecular complexity index is 774. The molecule has 0 unspecified atom stereocenters. The van der Waals surface area contributed by atoms with Crippen LogP contribution in [0.5, 0.6) is 0 Å². The third-order valence-corrected chi connectivity index (χ3v) is 3.41. The van der Waals surface area contributed by atoms with Crippen molar-refractivity contribution in [2.24, 2.45) is 0 Å². The molecule has 2 aromatic rings. The molecule has 26 heavy (non-hydrogen) atoms. The molecular formula is C18H18F3N3O2. The highest BCUT2D eigenvalue weighted by Gasteiger charge is 2.30. The molecule has 0 aliphatic heterocycles. The van der Waals surface area contributed by atoms with Gasteiger partial charge in [0.2, 0.25) is 5.91 Å². The van der Waals surface area contributed by atoms with Crippen molar-refractivity contribution in [1.82, 2.24) is 5.32 Å². The maximum absolute atomic E-state index is 12.7. The van der Waals surface area contributed by atoms with Gasteiger partial charge in [-0.2, -0.15) is 13.2 Å². The van der Waals surface area contributed by atoms with Crippen molar-refractivity contribution in [3.8, 4) is 0 Å². The van der Waals surface area contributed by atoms with E-state index in [0.29, 0.717) is 17.8 Å². The third-order valence-electron chi connectivity index (χ3n) is 3.41. The van der Waals surface area contributed by atoms with Crippen LogP contribution >= 0.6 is 0 Å². The molecule has 0 saturated heterocycles. The van der Waals surface area contributed by atoms with Gasteiger partial charge in [-0.15, -0.1) is 0 Å². The molecule has 0 atom stereocenters. The van der Waals surface area contributed by atoms with Crippen LogP contribution in [0, 0.1) is 0 Å². The second-order valence-electron chi connectivity index (χ2n) is 5.42. The summed E-state index contributed by atoms with van der Waals surface area (Å²) in [6.45, 7) is 2.21. The van der Waals surface area contributed by atoms with Gasteiger partial charge in [-0.25, -0.2) is 0 Å². The van der Waals surface area contributed by atoms with Crippen LogP contribution < -0.4 is 16.0 Å². The van der Waals surface area contributed by atoms with Crippen LogP contribution in [0.3, 0.4) is 0 Å². The van der Waals surface area contributed by atoms with E-state index < -0.39 is 17.6 Å². The molecular weight excluding hydrogens is 347 g/mol. The summed E-state index contributed by atoms with van der Waals surface area (Å²) in [7, 11) is 0. The van der Waals surface area contributed by atoms with E-state index in [1.807, 2.05) is 6.92 Å². The number of nitrogens with one attached hydrogen (secondary N) is 3. The first-order chi connectivity index (χ1) is 12.3. The Kier molecular flexibility index (Phi) is 6.21. The molecule has 138 valence electrons. The van der Waals surface area contributed by atoms with Gasteiger partial charge < -0.3 is 16.0 Å². The Labute approximate surface area is 148 Å². The Balaban J connectivity index is 1.90. The summed E-state index contributed by atoms with van der Waals surface area (Å²) in [5.74, 6) is -0.682. The number of carbonyl (C=O) groups is 2. The van der Waals surface area contributed by atoms with E-state index in [0.717, 1.165) is 12.1 Å². The maximum Gasteiger partial charge on any atom is 0.416 e. The molecule has 0 heterocycles. The van der Waals surface area contributed by atoms with Crippen LogP contribution in [0.4, 0.5) is 24.5 Å². The minimum atomic E-state index is -4.47. The highest BCUT2D eigenvalue weighted by atomic mass is 19.4. The minimum absolute atomic E-state index is 0.0678. The summed E-state index contributed by atoms with van der Waals surface area (Å²) in [5.41, 5.74) is 0.338. The lowest BCUT2D eigenvalue weighted by Gasteiger charge is -2.11. The van der Waals surface area contributed by atoms with Gasteiger partial charge in [0.25, 0.3) is 5.91 Å². The molecule has 2 rings (SSSR count). The summed E-state index contributed by atoms with van der Waals surface area (Å²) in [6, 6.07) is 10.9. The lowest BCUT2D eigenvalue weighted by atomic mass is 10.2. The number of hydrogen-bond acceptors (Lipinski definition) is 3. The Morgan fingerprint density at radius 2 is 1.69 bits per heavy atom. The highest BCUT2D eigenvalue weighted by Crippen LogP contribution is 2.30. The van der Waals surface area contributed by atoms with Crippen LogP contribution in [0.25, 0.3) is 0 Å². The molecule has 0 aliphatic carbocycles. The van der Waals surface area contributed by atoms with Gasteiger partial charge in [-0.3, -0.25) is 9.59 Å². The van der Waals surface area contributed by atoms with E-state index in [9.17, 15) is 22.8 Å². The van der Waals surface area contributed by atoms with Crippen molar-refractivity contribution in [3.63, 3.8) is 0 Å². The number of rotatable bonds is 6. The van der Waals surface area contributed by atoms with Crippen molar-refractivity contribution in [1.29, 1.82) is 0 Å². The molecule has 2 amide bonds. The van der Waals surface area contributed by atoms with Gasteiger partial charge in [0.05, 0.1) is 12.1 Å². The summed E-state index contributed by atoms with van der Waals surface area (Å²) >= 11 is 0. The van der Waals surface area contributed by atoms with Gasteiger partial charge >= 0.3 is 6.18 Å². The first-order valence-corrected chi connectivity index (χ1v) is 7.89. The van der Waals surface area contributed by atoms with Crippen LogP contribution in [-0.2, 0) is 11.0 Å². The summed E-state index contributed by atoms with van der Waals surface area (Å²) in [4.78, 5) is 23.5. The Morgan fingerprint density at radius 1 is 1.00 bits per heavy atom. The largest absolute Gasteiger partial charge is 0.416 e. The summed E-state index contributed by atoms with van der Waals surface area (Å²) < 4.78 is 38.0. The van der Waals surface area contributed by atoms with E-state index in [-0.39, 0.29) is 18.1 Å². The van der Waals surface area contributed by atoms with Crippen molar-refractivity contribution >= 4 is 23.2 Å². The minimum Gasteiger partial charge on any atom is -0.376 e. The topological polar surface area (TPSA) is 70.2 Å². The van der Waals surface area contributed by atoms with E-state index >= 15 is 0 Å². The van der Waals surface area contributed by atoms with Crippen LogP contribution in [0.15, 0.2) is 48.5 Å². The van der Waals surface area contributed by atoms with Gasteiger partial charge in [0.15, 0.2) is 0 Å². The molecule has 3 N–H and O–H groups in total. The SMILES string of the molecule is CCNC(=O)c1ccc(NCC(=O)Nc2cccc(C(F)(F)F)c2)cc1. The first kappa shape index (κ1) is 19.3. The lowest BCUT2D eigenvalue weighted by Crippen LogP contribution is -2.23. The van der Waals surface area contributed by atoms with Crippen molar-refractivity contribution in [2.45, 2.75) is 13.1 Å². The van der Waals surface area contributed by atoms with Gasteiger partial charge in [-0.1, -0.05) is 6.07 Å². The molecule has 0 aliphatic rings. The quantitative estimate of drug-likeness (QED) is 0.734. The Hall–Kier alpha value is -3.03. The summed E-state index contributed by atoms with van der Waals surface area (Å²) in [6.07, 6.45) is -4.47. The van der Waals surface area contributed by atoms with Gasteiger partial charge in [0, 0.05) is 23.5 Å². The molecule has 0 saturated carbocycles. The number of amides is 2. The first-order valence-electron chi connectivity index (χ1n) is 7.89. The number of hydrogen-bond donors (Lipinski definition) is 3. The number of alkyl halides is 3. The molecule has 0 bridgehead atoms. The van der Waals surface area contributed by atoms with Crippen molar-refractivity contribution in [2.75, 3.05) is 23.7 Å². The van der Waals surface area contributed by atoms with Crippen LogP contribution in [-0.4, -0.2) is 24.9 Å². The predicted molar refractivity (Wildman–Crippen MR) is 93.0 cm³/mol. The average molecular weight is 365 g/mol. The number of carbonyl (C=O) groups excluding carboxylic acids is 2. The smallest absolute Gasteiger partial charge is 0.376 e. The van der Waals surface area contributed by atoms with E-state index in [1.165, 1.54) is 12.1 Å². The normalized spacial score (nSPS) is 10.9. The zero-order chi connectivity index (χ0) is 19.2. The standard InChI is InChI=1S/C18H18F3N3O2/c1-2-22-17(26)12-6-8-14(9-7-12)23-11-16(25)24-15-5-3-4-13(10-15)18(19,20)21/h3-10,23H,2,11H2,1H3,(H,22,26)(H,24,25). The number of anilines is 2. The molecule has 0 radical (unpaired) electrons. The number of halogens is 3. The molecule has 0 fully saturated rings. The molecule has 2 aromatic carbocycles. The second kappa shape index (κ2) is 8.37. The van der Waals surface area contributed by atoms with E-state index in [2.05, 4.69) is 16.0 Å². The Morgan fingerprint density at radius 3 is 2.31 bits per heavy atom. The number of benzene rings is 2. The molecule has 8 heteroatoms. The maximum atomic E-state index is 12.7. The zero-order valence-corrected chi connectivity index (χ0v) is 14.0. The predicted octanol–water partition coefficient (Wildman–Crippen LogP) is 3.51. The van der Waals surface area contributed by atoms with Crippen molar-refractivity contribution < 1.29 is 22.8 Å². The summed E-state index contributed by atoms with van der Waals surface area (Å²) in [5, 5.41) is 7.92. The van der Waals surface area contributed by atoms with Gasteiger partial charge in [0.1, 0.15) is 0 Å². The second-order valence-corrected chi connectivity index (χ2v) is 5.42. The molecule has 0 spiro atoms. The van der Waals surface area contributed by atoms with Crippen molar-refractivity contribution in [3.05, 3.63) is 59.7 Å². The van der Waals surface area contributed by atoms with E-state index in [4.69, 9.17) is 0 Å². The lowest BCUT2D eigenvalue weighted by molar-refractivity contribution is -0.137. The monoisotopic (exact) mass is 365 g/mol. The van der Waals surface area contributed by atoms with E-state index in [1.54, 1.807) is 24.3 Å². The average Bonchev–Trinajstić information content (AvgIpc) is 2.60. The third kappa shape index (κ3) is 5.51. The molecule has 5 nitrogen and oxygen atoms in total. The van der Waals surface area contributed by atoms with Gasteiger partial charge in [-0.05, 0) is 49.4 Å². The highest BCUT2D eigenvalue weighted by molar-refractivity contribution is 5.95. The molecule has 0 aromatic heterocycles. The van der Waals surface area contributed by atoms with Crippen LogP contribution in [0.2, 0.25) is 0 Å². The van der Waals surface area contributed by atoms with Crippen LogP contribution in [0.1, 0.15) is 22.8 Å². The fourth-order valence-electron chi connectivity index (χ4n) is 2.16. The fourth-order valence-corrected chi connectivity index (χ4v) is 2.16.